The largest absolute Gasteiger partial charge is 0.444 e. The molecule has 0 aromatic carbocycles. The number of hydrogen-bond donors (Lipinski definition) is 0. The second kappa shape index (κ2) is 4.92. The van der Waals surface area contributed by atoms with E-state index in [4.69, 9.17) is 9.47 Å². The molecule has 1 heterocycles. The van der Waals surface area contributed by atoms with Crippen molar-refractivity contribution in [3.05, 3.63) is 12.2 Å². The van der Waals surface area contributed by atoms with Gasteiger partial charge in [-0.3, -0.25) is 4.90 Å². The molecule has 1 fully saturated rings. The Bertz CT molecular complexity index is 341. The summed E-state index contributed by atoms with van der Waals surface area (Å²) in [5.74, 6) is 0. The van der Waals surface area contributed by atoms with Gasteiger partial charge >= 0.3 is 6.09 Å². The highest BCUT2D eigenvalue weighted by atomic mass is 16.6. The van der Waals surface area contributed by atoms with Crippen LogP contribution in [-0.2, 0) is 9.47 Å². The molecule has 1 rings (SSSR count). The van der Waals surface area contributed by atoms with Crippen LogP contribution in [0.2, 0.25) is 0 Å². The highest BCUT2D eigenvalue weighted by Gasteiger charge is 2.46. The van der Waals surface area contributed by atoms with Crippen molar-refractivity contribution in [2.45, 2.75) is 65.3 Å². The van der Waals surface area contributed by atoms with Gasteiger partial charge in [0, 0.05) is 0 Å². The number of nitrogens with zero attached hydrogens (tertiary/aromatic N) is 1. The summed E-state index contributed by atoms with van der Waals surface area (Å²) in [6.45, 7) is 15.9. The van der Waals surface area contributed by atoms with E-state index < -0.39 is 11.3 Å². The van der Waals surface area contributed by atoms with Gasteiger partial charge in [-0.1, -0.05) is 19.1 Å². The lowest BCUT2D eigenvalue weighted by molar-refractivity contribution is -0.0614. The van der Waals surface area contributed by atoms with E-state index in [-0.39, 0.29) is 12.1 Å². The van der Waals surface area contributed by atoms with Crippen LogP contribution in [-0.4, -0.2) is 35.0 Å². The van der Waals surface area contributed by atoms with Gasteiger partial charge in [0.25, 0.3) is 0 Å². The fourth-order valence-corrected chi connectivity index (χ4v) is 2.00. The van der Waals surface area contributed by atoms with Crippen molar-refractivity contribution in [3.63, 3.8) is 0 Å². The van der Waals surface area contributed by atoms with Crippen molar-refractivity contribution in [1.29, 1.82) is 0 Å². The van der Waals surface area contributed by atoms with Gasteiger partial charge in [0.2, 0.25) is 0 Å². The van der Waals surface area contributed by atoms with Crippen molar-refractivity contribution >= 4 is 6.09 Å². The third kappa shape index (κ3) is 3.25. The normalized spacial score (nSPS) is 23.0. The van der Waals surface area contributed by atoms with Crippen LogP contribution in [0.15, 0.2) is 12.2 Å². The molecule has 0 aromatic heterocycles. The second-order valence-corrected chi connectivity index (χ2v) is 6.14. The lowest BCUT2D eigenvalue weighted by atomic mass is 10.1. The third-order valence-corrected chi connectivity index (χ3v) is 3.00. The first-order valence-electron chi connectivity index (χ1n) is 6.42. The Labute approximate surface area is 110 Å². The van der Waals surface area contributed by atoms with E-state index in [0.717, 1.165) is 12.0 Å². The van der Waals surface area contributed by atoms with Crippen LogP contribution in [0.1, 0.15) is 48.0 Å². The molecule has 1 aliphatic rings. The molecule has 0 aromatic rings. The quantitative estimate of drug-likeness (QED) is 0.710. The Balaban J connectivity index is 2.92. The maximum absolute atomic E-state index is 12.3. The number of carbonyl (C=O) groups is 1. The fraction of sp³-hybridized carbons (Fsp3) is 0.786. The van der Waals surface area contributed by atoms with Crippen LogP contribution in [0.25, 0.3) is 0 Å². The summed E-state index contributed by atoms with van der Waals surface area (Å²) in [7, 11) is 0. The molecule has 0 spiro atoms. The first-order valence-corrected chi connectivity index (χ1v) is 6.42. The molecule has 0 bridgehead atoms. The van der Waals surface area contributed by atoms with Gasteiger partial charge in [-0.2, -0.15) is 0 Å². The summed E-state index contributed by atoms with van der Waals surface area (Å²) >= 11 is 0. The van der Waals surface area contributed by atoms with Crippen LogP contribution in [0.3, 0.4) is 0 Å². The zero-order valence-corrected chi connectivity index (χ0v) is 12.4. The SMILES string of the molecule is C=C(CC)C1COC(C)(C)N1C(=O)OC(C)(C)C. The van der Waals surface area contributed by atoms with Gasteiger partial charge in [0.05, 0.1) is 12.6 Å². The van der Waals surface area contributed by atoms with Crippen LogP contribution >= 0.6 is 0 Å². The van der Waals surface area contributed by atoms with E-state index in [1.165, 1.54) is 0 Å². The van der Waals surface area contributed by atoms with Crippen molar-refractivity contribution in [2.75, 3.05) is 6.61 Å². The topological polar surface area (TPSA) is 38.8 Å². The zero-order chi connectivity index (χ0) is 14.1. The van der Waals surface area contributed by atoms with Gasteiger partial charge in [-0.25, -0.2) is 4.79 Å². The summed E-state index contributed by atoms with van der Waals surface area (Å²) in [6, 6.07) is -0.0974. The Morgan fingerprint density at radius 3 is 2.50 bits per heavy atom. The van der Waals surface area contributed by atoms with Crippen LogP contribution < -0.4 is 0 Å². The Morgan fingerprint density at radius 1 is 1.50 bits per heavy atom. The van der Waals surface area contributed by atoms with Crippen LogP contribution in [0.4, 0.5) is 4.79 Å². The van der Waals surface area contributed by atoms with E-state index in [1.807, 2.05) is 41.5 Å². The number of ether oxygens (including phenoxy) is 2. The maximum atomic E-state index is 12.3. The summed E-state index contributed by atoms with van der Waals surface area (Å²) in [6.07, 6.45) is 0.480. The van der Waals surface area contributed by atoms with Gasteiger partial charge in [-0.05, 0) is 41.0 Å². The molecule has 0 N–H and O–H groups in total. The van der Waals surface area contributed by atoms with Crippen molar-refractivity contribution < 1.29 is 14.3 Å². The second-order valence-electron chi connectivity index (χ2n) is 6.14. The predicted octanol–water partition coefficient (Wildman–Crippen LogP) is 3.32. The van der Waals surface area contributed by atoms with Gasteiger partial charge < -0.3 is 9.47 Å². The van der Waals surface area contributed by atoms with Gasteiger partial charge in [0.1, 0.15) is 11.3 Å². The summed E-state index contributed by atoms with van der Waals surface area (Å²) < 4.78 is 11.1. The van der Waals surface area contributed by atoms with Crippen molar-refractivity contribution in [2.24, 2.45) is 0 Å². The van der Waals surface area contributed by atoms with Gasteiger partial charge in [-0.15, -0.1) is 0 Å². The standard InChI is InChI=1S/C14H25NO3/c1-8-10(2)11-9-17-14(6,7)15(11)12(16)18-13(3,4)5/h11H,2,8-9H2,1,3-7H3. The molecule has 0 radical (unpaired) electrons. The van der Waals surface area contributed by atoms with Crippen LogP contribution in [0.5, 0.6) is 0 Å². The Morgan fingerprint density at radius 2 is 2.06 bits per heavy atom. The molecule has 1 amide bonds. The van der Waals surface area contributed by atoms with Gasteiger partial charge in [0.15, 0.2) is 0 Å². The molecule has 18 heavy (non-hydrogen) atoms. The molecule has 0 aliphatic carbocycles. The number of rotatable bonds is 2. The molecule has 1 atom stereocenters. The molecular weight excluding hydrogens is 230 g/mol. The number of hydrogen-bond acceptors (Lipinski definition) is 3. The predicted molar refractivity (Wildman–Crippen MR) is 71.3 cm³/mol. The lowest BCUT2D eigenvalue weighted by Gasteiger charge is -2.35. The van der Waals surface area contributed by atoms with Crippen LogP contribution in [0, 0.1) is 0 Å². The Hall–Kier alpha value is -1.03. The number of amides is 1. The molecule has 1 unspecified atom stereocenters. The maximum Gasteiger partial charge on any atom is 0.413 e. The third-order valence-electron chi connectivity index (χ3n) is 3.00. The minimum Gasteiger partial charge on any atom is -0.444 e. The molecule has 1 saturated heterocycles. The van der Waals surface area contributed by atoms with E-state index >= 15 is 0 Å². The first kappa shape index (κ1) is 15.0. The van der Waals surface area contributed by atoms with Crippen molar-refractivity contribution in [1.82, 2.24) is 4.90 Å². The molecule has 4 nitrogen and oxygen atoms in total. The Kier molecular flexibility index (Phi) is 4.11. The fourth-order valence-electron chi connectivity index (χ4n) is 2.00. The van der Waals surface area contributed by atoms with E-state index in [2.05, 4.69) is 6.58 Å². The first-order chi connectivity index (χ1) is 8.08. The minimum atomic E-state index is -0.648. The smallest absolute Gasteiger partial charge is 0.413 e. The molecule has 0 saturated carbocycles. The monoisotopic (exact) mass is 255 g/mol. The highest BCUT2D eigenvalue weighted by molar-refractivity contribution is 5.70. The molecule has 4 heteroatoms. The minimum absolute atomic E-state index is 0.0974. The summed E-state index contributed by atoms with van der Waals surface area (Å²) in [5.41, 5.74) is -0.162. The molecule has 1 aliphatic heterocycles. The average molecular weight is 255 g/mol. The lowest BCUT2D eigenvalue weighted by Crippen LogP contribution is -2.50. The zero-order valence-electron chi connectivity index (χ0n) is 12.4. The van der Waals surface area contributed by atoms with E-state index in [0.29, 0.717) is 6.61 Å². The van der Waals surface area contributed by atoms with Crippen molar-refractivity contribution in [3.8, 4) is 0 Å². The highest BCUT2D eigenvalue weighted by Crippen LogP contribution is 2.32. The molecular formula is C14H25NO3. The van der Waals surface area contributed by atoms with E-state index in [9.17, 15) is 4.79 Å². The average Bonchev–Trinajstić information content (AvgIpc) is 2.50. The summed E-state index contributed by atoms with van der Waals surface area (Å²) in [5, 5.41) is 0. The summed E-state index contributed by atoms with van der Waals surface area (Å²) in [4.78, 5) is 13.9. The van der Waals surface area contributed by atoms with E-state index in [1.54, 1.807) is 4.90 Å². The number of carbonyl (C=O) groups excluding carboxylic acids is 1. The molecule has 104 valence electrons.